The van der Waals surface area contributed by atoms with Crippen molar-refractivity contribution in [3.05, 3.63) is 29.6 Å². The molecule has 0 amide bonds. The second-order valence-electron chi connectivity index (χ2n) is 3.76. The third-order valence-electron chi connectivity index (χ3n) is 2.34. The van der Waals surface area contributed by atoms with Crippen LogP contribution in [0, 0.1) is 5.82 Å². The Morgan fingerprint density at radius 3 is 2.69 bits per heavy atom. The van der Waals surface area contributed by atoms with Gasteiger partial charge in [-0.05, 0) is 31.5 Å². The molecule has 1 rings (SSSR count). The number of rotatable bonds is 6. The van der Waals surface area contributed by atoms with E-state index in [-0.39, 0.29) is 11.5 Å². The number of ether oxygens (including phenoxy) is 1. The molecule has 88 valence electrons. The minimum absolute atomic E-state index is 0.142. The highest BCUT2D eigenvalue weighted by Crippen LogP contribution is 2.19. The van der Waals surface area contributed by atoms with E-state index in [1.807, 2.05) is 0 Å². The van der Waals surface area contributed by atoms with Crippen LogP contribution in [0.3, 0.4) is 0 Å². The molecule has 0 heterocycles. The Balaban J connectivity index is 2.57. The van der Waals surface area contributed by atoms with Gasteiger partial charge in [-0.25, -0.2) is 4.39 Å². The molecule has 1 aromatic carbocycles. The Hall–Kier alpha value is -1.38. The highest BCUT2D eigenvalue weighted by molar-refractivity contribution is 5.94. The van der Waals surface area contributed by atoms with Gasteiger partial charge in [0.25, 0.3) is 0 Å². The molecule has 0 radical (unpaired) electrons. The van der Waals surface area contributed by atoms with Crippen molar-refractivity contribution in [2.75, 3.05) is 6.61 Å². The summed E-state index contributed by atoms with van der Waals surface area (Å²) in [5, 5.41) is 0. The number of carbonyl (C=O) groups excluding carboxylic acids is 1. The van der Waals surface area contributed by atoms with E-state index in [1.165, 1.54) is 19.1 Å². The average molecular weight is 224 g/mol. The maximum Gasteiger partial charge on any atom is 0.165 e. The monoisotopic (exact) mass is 224 g/mol. The fourth-order valence-corrected chi connectivity index (χ4v) is 1.37. The molecular weight excluding hydrogens is 207 g/mol. The van der Waals surface area contributed by atoms with Crippen LogP contribution in [0.2, 0.25) is 0 Å². The van der Waals surface area contributed by atoms with Crippen LogP contribution < -0.4 is 4.74 Å². The number of carbonyl (C=O) groups is 1. The van der Waals surface area contributed by atoms with Crippen LogP contribution >= 0.6 is 0 Å². The Labute approximate surface area is 95.4 Å². The van der Waals surface area contributed by atoms with E-state index in [1.54, 1.807) is 6.07 Å². The smallest absolute Gasteiger partial charge is 0.165 e. The van der Waals surface area contributed by atoms with E-state index in [4.69, 9.17) is 4.74 Å². The van der Waals surface area contributed by atoms with Crippen LogP contribution in [-0.4, -0.2) is 12.4 Å². The number of Topliss-reactive ketones (excluding diaryl/α,β-unsaturated/α-hetero) is 1. The van der Waals surface area contributed by atoms with E-state index in [2.05, 4.69) is 6.92 Å². The van der Waals surface area contributed by atoms with Gasteiger partial charge in [-0.2, -0.15) is 0 Å². The fraction of sp³-hybridized carbons (Fsp3) is 0.462. The van der Waals surface area contributed by atoms with Crippen molar-refractivity contribution in [1.29, 1.82) is 0 Å². The summed E-state index contributed by atoms with van der Waals surface area (Å²) < 4.78 is 18.7. The van der Waals surface area contributed by atoms with Gasteiger partial charge in [-0.1, -0.05) is 19.8 Å². The number of benzene rings is 1. The molecule has 0 bridgehead atoms. The first kappa shape index (κ1) is 12.7. The minimum Gasteiger partial charge on any atom is -0.491 e. The molecule has 0 fully saturated rings. The third-order valence-corrected chi connectivity index (χ3v) is 2.34. The number of halogens is 1. The van der Waals surface area contributed by atoms with Crippen LogP contribution in [0.5, 0.6) is 5.75 Å². The molecule has 0 saturated heterocycles. The van der Waals surface area contributed by atoms with E-state index in [9.17, 15) is 9.18 Å². The maximum atomic E-state index is 13.4. The quantitative estimate of drug-likeness (QED) is 0.545. The molecule has 0 atom stereocenters. The molecule has 0 unspecified atom stereocenters. The molecule has 0 aliphatic rings. The van der Waals surface area contributed by atoms with Crippen molar-refractivity contribution >= 4 is 5.78 Å². The number of hydrogen-bond acceptors (Lipinski definition) is 2. The zero-order chi connectivity index (χ0) is 12.0. The number of ketones is 1. The fourth-order valence-electron chi connectivity index (χ4n) is 1.37. The summed E-state index contributed by atoms with van der Waals surface area (Å²) >= 11 is 0. The lowest BCUT2D eigenvalue weighted by atomic mass is 10.1. The lowest BCUT2D eigenvalue weighted by molar-refractivity contribution is 0.101. The molecule has 2 nitrogen and oxygen atoms in total. The average Bonchev–Trinajstić information content (AvgIpc) is 2.26. The van der Waals surface area contributed by atoms with E-state index < -0.39 is 5.82 Å². The molecule has 1 aromatic rings. The number of unbranched alkanes of at least 4 members (excludes halogenated alkanes) is 2. The molecule has 0 spiro atoms. The van der Waals surface area contributed by atoms with Gasteiger partial charge in [-0.15, -0.1) is 0 Å². The molecular formula is C13H17FO2. The molecule has 0 N–H and O–H groups in total. The van der Waals surface area contributed by atoms with Crippen LogP contribution in [0.4, 0.5) is 4.39 Å². The van der Waals surface area contributed by atoms with Gasteiger partial charge in [-0.3, -0.25) is 4.79 Å². The van der Waals surface area contributed by atoms with Gasteiger partial charge in [0, 0.05) is 5.56 Å². The second kappa shape index (κ2) is 6.26. The largest absolute Gasteiger partial charge is 0.491 e. The van der Waals surface area contributed by atoms with E-state index in [0.29, 0.717) is 12.2 Å². The third kappa shape index (κ3) is 3.65. The molecule has 16 heavy (non-hydrogen) atoms. The first-order chi connectivity index (χ1) is 7.65. The Morgan fingerprint density at radius 1 is 1.38 bits per heavy atom. The summed E-state index contributed by atoms with van der Waals surface area (Å²) in [6.45, 7) is 4.03. The summed E-state index contributed by atoms with van der Waals surface area (Å²) in [6, 6.07) is 4.32. The predicted octanol–water partition coefficient (Wildman–Crippen LogP) is 3.60. The molecule has 0 aromatic heterocycles. The van der Waals surface area contributed by atoms with Crippen LogP contribution in [-0.2, 0) is 0 Å². The summed E-state index contributed by atoms with van der Waals surface area (Å²) in [5.41, 5.74) is 0.374. The molecule has 0 saturated carbocycles. The highest BCUT2D eigenvalue weighted by atomic mass is 19.1. The Kier molecular flexibility index (Phi) is 4.96. The first-order valence-corrected chi connectivity index (χ1v) is 5.58. The summed E-state index contributed by atoms with van der Waals surface area (Å²) in [5.74, 6) is -0.387. The zero-order valence-electron chi connectivity index (χ0n) is 9.75. The summed E-state index contributed by atoms with van der Waals surface area (Å²) in [7, 11) is 0. The van der Waals surface area contributed by atoms with Crippen LogP contribution in [0.15, 0.2) is 18.2 Å². The van der Waals surface area contributed by atoms with Crippen molar-refractivity contribution in [1.82, 2.24) is 0 Å². The number of hydrogen-bond donors (Lipinski definition) is 0. The first-order valence-electron chi connectivity index (χ1n) is 5.58. The van der Waals surface area contributed by atoms with Gasteiger partial charge in [0.1, 0.15) is 0 Å². The van der Waals surface area contributed by atoms with Gasteiger partial charge in [0.05, 0.1) is 6.61 Å². The summed E-state index contributed by atoms with van der Waals surface area (Å²) in [6.07, 6.45) is 3.10. The minimum atomic E-state index is -0.468. The van der Waals surface area contributed by atoms with Crippen molar-refractivity contribution in [3.8, 4) is 5.75 Å². The normalized spacial score (nSPS) is 10.2. The molecule has 0 aliphatic heterocycles. The maximum absolute atomic E-state index is 13.4. The summed E-state index contributed by atoms with van der Waals surface area (Å²) in [4.78, 5) is 11.0. The zero-order valence-corrected chi connectivity index (χ0v) is 9.75. The lowest BCUT2D eigenvalue weighted by Gasteiger charge is -2.07. The van der Waals surface area contributed by atoms with Crippen molar-refractivity contribution < 1.29 is 13.9 Å². The van der Waals surface area contributed by atoms with E-state index in [0.717, 1.165) is 19.3 Å². The predicted molar refractivity (Wildman–Crippen MR) is 61.4 cm³/mol. The van der Waals surface area contributed by atoms with Crippen LogP contribution in [0.1, 0.15) is 43.5 Å². The highest BCUT2D eigenvalue weighted by Gasteiger charge is 2.06. The van der Waals surface area contributed by atoms with Gasteiger partial charge < -0.3 is 4.74 Å². The van der Waals surface area contributed by atoms with E-state index >= 15 is 0 Å². The lowest BCUT2D eigenvalue weighted by Crippen LogP contribution is -2.00. The van der Waals surface area contributed by atoms with Gasteiger partial charge in [0.2, 0.25) is 0 Å². The van der Waals surface area contributed by atoms with Crippen molar-refractivity contribution in [2.24, 2.45) is 0 Å². The molecule has 3 heteroatoms. The Bertz CT molecular complexity index is 361. The second-order valence-corrected chi connectivity index (χ2v) is 3.76. The standard InChI is InChI=1S/C13H17FO2/c1-3-4-5-8-16-13-7-6-11(10(2)15)9-12(13)14/h6-7,9H,3-5,8H2,1-2H3. The Morgan fingerprint density at radius 2 is 2.12 bits per heavy atom. The van der Waals surface area contributed by atoms with Crippen LogP contribution in [0.25, 0.3) is 0 Å². The topological polar surface area (TPSA) is 26.3 Å². The van der Waals surface area contributed by atoms with Gasteiger partial charge in [0.15, 0.2) is 17.3 Å². The van der Waals surface area contributed by atoms with Crippen molar-refractivity contribution in [3.63, 3.8) is 0 Å². The van der Waals surface area contributed by atoms with Crippen molar-refractivity contribution in [2.45, 2.75) is 33.1 Å². The SMILES string of the molecule is CCCCCOc1ccc(C(C)=O)cc1F. The molecule has 0 aliphatic carbocycles. The van der Waals surface area contributed by atoms with Gasteiger partial charge >= 0.3 is 0 Å².